The molecule has 0 radical (unpaired) electrons. The minimum atomic E-state index is -5.08. The van der Waals surface area contributed by atoms with Crippen LogP contribution in [0.3, 0.4) is 0 Å². The summed E-state index contributed by atoms with van der Waals surface area (Å²) in [7, 11) is 0. The van der Waals surface area contributed by atoms with Crippen LogP contribution in [0.5, 0.6) is 0 Å². The maximum atomic E-state index is 11.8. The normalized spacial score (nSPS) is 14.1. The quantitative estimate of drug-likeness (QED) is 0.318. The van der Waals surface area contributed by atoms with E-state index in [0.717, 1.165) is 59.5 Å². The van der Waals surface area contributed by atoms with Crippen molar-refractivity contribution in [2.45, 2.75) is 20.0 Å². The lowest BCUT2D eigenvalue weighted by Gasteiger charge is -2.35. The van der Waals surface area contributed by atoms with Gasteiger partial charge in [-0.25, -0.2) is 19.1 Å². The van der Waals surface area contributed by atoms with Gasteiger partial charge in [-0.15, -0.1) is 0 Å². The molecule has 0 spiro atoms. The lowest BCUT2D eigenvalue weighted by molar-refractivity contribution is -0.192. The molecule has 212 valence electrons. The van der Waals surface area contributed by atoms with E-state index in [2.05, 4.69) is 41.0 Å². The fraction of sp³-hybridized carbons (Fsp3) is 0.333. The first-order valence-corrected chi connectivity index (χ1v) is 13.4. The molecule has 2 aromatic carbocycles. The molecule has 0 bridgehead atoms. The van der Waals surface area contributed by atoms with Gasteiger partial charge < -0.3 is 19.6 Å². The molecular formula is C27H28F3N5O4S. The fourth-order valence-electron chi connectivity index (χ4n) is 4.08. The fourth-order valence-corrected chi connectivity index (χ4v) is 4.97. The zero-order valence-corrected chi connectivity index (χ0v) is 22.7. The Bertz CT molecular complexity index is 1410. The number of hydrogen-bond acceptors (Lipinski definition) is 8. The molecule has 0 atom stereocenters. The Labute approximate surface area is 232 Å². The number of carboxylic acids is 1. The maximum Gasteiger partial charge on any atom is 0.490 e. The Kier molecular flexibility index (Phi) is 9.05. The molecule has 0 aliphatic carbocycles. The van der Waals surface area contributed by atoms with Gasteiger partial charge in [-0.1, -0.05) is 30.4 Å². The number of anilines is 1. The second-order valence-corrected chi connectivity index (χ2v) is 9.79. The van der Waals surface area contributed by atoms with E-state index in [0.29, 0.717) is 12.2 Å². The molecule has 13 heteroatoms. The molecule has 0 unspecified atom stereocenters. The number of aromatic nitrogens is 3. The van der Waals surface area contributed by atoms with Gasteiger partial charge in [0.1, 0.15) is 5.01 Å². The van der Waals surface area contributed by atoms with Crippen molar-refractivity contribution in [2.24, 2.45) is 0 Å². The highest BCUT2D eigenvalue weighted by Gasteiger charge is 2.38. The average Bonchev–Trinajstić information content (AvgIpc) is 3.53. The third-order valence-electron chi connectivity index (χ3n) is 6.28. The van der Waals surface area contributed by atoms with Crippen LogP contribution in [0.2, 0.25) is 0 Å². The number of rotatable bonds is 6. The van der Waals surface area contributed by atoms with Gasteiger partial charge in [0.25, 0.3) is 0 Å². The number of carbonyl (C=O) groups is 2. The Morgan fingerprint density at radius 2 is 1.57 bits per heavy atom. The highest BCUT2D eigenvalue weighted by Crippen LogP contribution is 2.30. The van der Waals surface area contributed by atoms with E-state index in [-0.39, 0.29) is 5.97 Å². The highest BCUT2D eigenvalue weighted by molar-refractivity contribution is 7.19. The zero-order valence-electron chi connectivity index (χ0n) is 21.9. The molecule has 9 nitrogen and oxygen atoms in total. The van der Waals surface area contributed by atoms with Crippen molar-refractivity contribution in [3.8, 4) is 21.8 Å². The summed E-state index contributed by atoms with van der Waals surface area (Å²) in [5.74, 6) is -3.07. The third kappa shape index (κ3) is 6.96. The molecule has 5 rings (SSSR count). The number of aliphatic carboxylic acids is 1. The summed E-state index contributed by atoms with van der Waals surface area (Å²) in [6.45, 7) is 9.90. The topological polar surface area (TPSA) is 100 Å². The largest absolute Gasteiger partial charge is 0.490 e. The Hall–Kier alpha value is -3.97. The SMILES string of the molecule is CCOC(=O)c1ccc(-c2cn3nc(-c4ccc(N5CCN(CC)CC5)cc4)sc3n2)cc1.O=C(O)C(F)(F)F. The van der Waals surface area contributed by atoms with E-state index < -0.39 is 12.1 Å². The zero-order chi connectivity index (χ0) is 28.9. The molecule has 1 aliphatic rings. The predicted molar refractivity (Wildman–Crippen MR) is 146 cm³/mol. The minimum Gasteiger partial charge on any atom is -0.475 e. The summed E-state index contributed by atoms with van der Waals surface area (Å²) in [6, 6.07) is 16.0. The first-order valence-electron chi connectivity index (χ1n) is 12.6. The molecule has 1 fully saturated rings. The number of fused-ring (bicyclic) bond motifs is 1. The lowest BCUT2D eigenvalue weighted by atomic mass is 10.1. The molecule has 1 saturated heterocycles. The predicted octanol–water partition coefficient (Wildman–Crippen LogP) is 5.08. The van der Waals surface area contributed by atoms with Crippen LogP contribution in [0.1, 0.15) is 24.2 Å². The van der Waals surface area contributed by atoms with Crippen molar-refractivity contribution in [2.75, 3.05) is 44.2 Å². The third-order valence-corrected chi connectivity index (χ3v) is 7.25. The number of carboxylic acid groups (broad SMARTS) is 1. The first-order chi connectivity index (χ1) is 19.1. The summed E-state index contributed by atoms with van der Waals surface area (Å²) < 4.78 is 38.6. The molecule has 0 amide bonds. The van der Waals surface area contributed by atoms with Crippen LogP contribution in [0.15, 0.2) is 54.7 Å². The van der Waals surface area contributed by atoms with Crippen molar-refractivity contribution in [1.29, 1.82) is 0 Å². The lowest BCUT2D eigenvalue weighted by Crippen LogP contribution is -2.46. The monoisotopic (exact) mass is 575 g/mol. The summed E-state index contributed by atoms with van der Waals surface area (Å²) in [6.07, 6.45) is -3.16. The van der Waals surface area contributed by atoms with Crippen LogP contribution in [-0.2, 0) is 9.53 Å². The summed E-state index contributed by atoms with van der Waals surface area (Å²) >= 11 is 1.57. The van der Waals surface area contributed by atoms with E-state index >= 15 is 0 Å². The number of imidazole rings is 1. The van der Waals surface area contributed by atoms with Crippen LogP contribution in [0.25, 0.3) is 26.8 Å². The van der Waals surface area contributed by atoms with Crippen molar-refractivity contribution < 1.29 is 32.6 Å². The molecule has 4 aromatic rings. The van der Waals surface area contributed by atoms with Gasteiger partial charge in [-0.05, 0) is 49.9 Å². The number of nitrogens with zero attached hydrogens (tertiary/aromatic N) is 5. The molecular weight excluding hydrogens is 547 g/mol. The number of likely N-dealkylation sites (N-methyl/N-ethyl adjacent to an activating group) is 1. The number of carbonyl (C=O) groups excluding carboxylic acids is 1. The Morgan fingerprint density at radius 1 is 0.975 bits per heavy atom. The van der Waals surface area contributed by atoms with Crippen molar-refractivity contribution in [3.63, 3.8) is 0 Å². The Morgan fingerprint density at radius 3 is 2.10 bits per heavy atom. The molecule has 2 aromatic heterocycles. The molecule has 40 heavy (non-hydrogen) atoms. The molecule has 1 aliphatic heterocycles. The van der Waals surface area contributed by atoms with E-state index in [9.17, 15) is 18.0 Å². The number of alkyl halides is 3. The minimum absolute atomic E-state index is 0.310. The number of piperazine rings is 1. The summed E-state index contributed by atoms with van der Waals surface area (Å²) in [4.78, 5) is 31.3. The van der Waals surface area contributed by atoms with Crippen LogP contribution in [0, 0.1) is 0 Å². The van der Waals surface area contributed by atoms with Crippen LogP contribution in [0.4, 0.5) is 18.9 Å². The van der Waals surface area contributed by atoms with E-state index in [4.69, 9.17) is 24.7 Å². The Balaban J connectivity index is 0.000000470. The average molecular weight is 576 g/mol. The van der Waals surface area contributed by atoms with Crippen LogP contribution >= 0.6 is 11.3 Å². The number of ether oxygens (including phenoxy) is 1. The maximum absolute atomic E-state index is 11.8. The van der Waals surface area contributed by atoms with Crippen LogP contribution in [-0.4, -0.2) is 82.1 Å². The second kappa shape index (κ2) is 12.5. The smallest absolute Gasteiger partial charge is 0.475 e. The first kappa shape index (κ1) is 29.0. The summed E-state index contributed by atoms with van der Waals surface area (Å²) in [5, 5.41) is 12.8. The van der Waals surface area contributed by atoms with Gasteiger partial charge in [0.2, 0.25) is 4.96 Å². The summed E-state index contributed by atoms with van der Waals surface area (Å²) in [5.41, 5.74) is 4.68. The molecule has 0 saturated carbocycles. The van der Waals surface area contributed by atoms with Gasteiger partial charge >= 0.3 is 18.1 Å². The van der Waals surface area contributed by atoms with Crippen LogP contribution < -0.4 is 4.90 Å². The highest BCUT2D eigenvalue weighted by atomic mass is 32.1. The van der Waals surface area contributed by atoms with Crippen molar-refractivity contribution in [3.05, 3.63) is 60.3 Å². The van der Waals surface area contributed by atoms with E-state index in [1.807, 2.05) is 22.8 Å². The van der Waals surface area contributed by atoms with Gasteiger partial charge in [0.05, 0.1) is 24.1 Å². The molecule has 1 N–H and O–H groups in total. The van der Waals surface area contributed by atoms with Gasteiger partial charge in [0.15, 0.2) is 0 Å². The molecule has 3 heterocycles. The number of halogens is 3. The number of hydrogen-bond donors (Lipinski definition) is 1. The second-order valence-electron chi connectivity index (χ2n) is 8.83. The van der Waals surface area contributed by atoms with Gasteiger partial charge in [-0.3, -0.25) is 0 Å². The van der Waals surface area contributed by atoms with Crippen molar-refractivity contribution in [1.82, 2.24) is 19.5 Å². The number of esters is 1. The number of benzene rings is 2. The van der Waals surface area contributed by atoms with E-state index in [1.54, 1.807) is 30.4 Å². The van der Waals surface area contributed by atoms with Gasteiger partial charge in [-0.2, -0.15) is 18.3 Å². The van der Waals surface area contributed by atoms with Crippen molar-refractivity contribution >= 4 is 33.9 Å². The van der Waals surface area contributed by atoms with Gasteiger partial charge in [0, 0.05) is 43.0 Å². The van der Waals surface area contributed by atoms with E-state index in [1.165, 1.54) is 5.69 Å². The standard InChI is InChI=1S/C25H27N5O2S.C2HF3O2/c1-3-28-13-15-29(16-14-28)21-11-9-19(10-12-21)23-27-30-17-22(26-25(30)33-23)18-5-7-20(8-6-18)24(31)32-4-2;3-2(4,5)1(6)7/h5-12,17H,3-4,13-16H2,1-2H3;(H,6,7).